The molecule has 7 nitrogen and oxygen atoms in total. The fraction of sp³-hybridized carbons (Fsp3) is 0.550. The number of rotatable bonds is 4. The van der Waals surface area contributed by atoms with E-state index in [9.17, 15) is 4.79 Å². The van der Waals surface area contributed by atoms with Gasteiger partial charge in [0.25, 0.3) is 0 Å². The Kier molecular flexibility index (Phi) is 5.50. The van der Waals surface area contributed by atoms with Gasteiger partial charge in [0.05, 0.1) is 19.8 Å². The van der Waals surface area contributed by atoms with Gasteiger partial charge in [-0.1, -0.05) is 6.07 Å². The van der Waals surface area contributed by atoms with Gasteiger partial charge in [-0.2, -0.15) is 0 Å². The van der Waals surface area contributed by atoms with E-state index in [0.29, 0.717) is 6.54 Å². The number of pyridine rings is 1. The maximum Gasteiger partial charge on any atom is 0.236 e. The van der Waals surface area contributed by atoms with Crippen molar-refractivity contribution in [3.8, 4) is 5.82 Å². The van der Waals surface area contributed by atoms with Crippen molar-refractivity contribution in [1.82, 2.24) is 24.3 Å². The molecule has 2 aromatic heterocycles. The fourth-order valence-electron chi connectivity index (χ4n) is 3.92. The van der Waals surface area contributed by atoms with Crippen molar-refractivity contribution in [2.24, 2.45) is 0 Å². The zero-order valence-electron chi connectivity index (χ0n) is 15.9. The van der Waals surface area contributed by atoms with Crippen molar-refractivity contribution in [3.63, 3.8) is 0 Å². The van der Waals surface area contributed by atoms with Crippen LogP contribution in [0.2, 0.25) is 0 Å². The van der Waals surface area contributed by atoms with Crippen LogP contribution in [-0.2, 0) is 9.53 Å². The number of hydrogen-bond donors (Lipinski definition) is 0. The van der Waals surface area contributed by atoms with Gasteiger partial charge in [0, 0.05) is 50.2 Å². The van der Waals surface area contributed by atoms with Gasteiger partial charge in [0.1, 0.15) is 11.6 Å². The van der Waals surface area contributed by atoms with Gasteiger partial charge in [-0.15, -0.1) is 0 Å². The lowest BCUT2D eigenvalue weighted by Crippen LogP contribution is -2.47. The van der Waals surface area contributed by atoms with E-state index in [4.69, 9.17) is 9.72 Å². The van der Waals surface area contributed by atoms with Gasteiger partial charge in [-0.25, -0.2) is 9.97 Å². The molecule has 0 aromatic carbocycles. The Hall–Kier alpha value is -2.25. The summed E-state index contributed by atoms with van der Waals surface area (Å²) >= 11 is 0. The molecule has 0 aliphatic carbocycles. The smallest absolute Gasteiger partial charge is 0.236 e. The van der Waals surface area contributed by atoms with Gasteiger partial charge in [0.2, 0.25) is 5.91 Å². The average molecular weight is 369 g/mol. The van der Waals surface area contributed by atoms with E-state index in [2.05, 4.69) is 16.0 Å². The lowest BCUT2D eigenvalue weighted by atomic mass is 9.94. The Morgan fingerprint density at radius 1 is 1.26 bits per heavy atom. The van der Waals surface area contributed by atoms with Crippen LogP contribution in [0.5, 0.6) is 0 Å². The number of likely N-dealkylation sites (tertiary alicyclic amines) is 1. The number of hydrogen-bond acceptors (Lipinski definition) is 5. The van der Waals surface area contributed by atoms with Crippen LogP contribution in [-0.4, -0.2) is 76.2 Å². The number of nitrogens with zero attached hydrogens (tertiary/aromatic N) is 5. The van der Waals surface area contributed by atoms with E-state index < -0.39 is 0 Å². The normalized spacial score (nSPS) is 21.4. The van der Waals surface area contributed by atoms with Crippen LogP contribution < -0.4 is 0 Å². The van der Waals surface area contributed by atoms with Crippen molar-refractivity contribution in [3.05, 3.63) is 42.1 Å². The highest BCUT2D eigenvalue weighted by atomic mass is 16.5. The number of aromatic nitrogens is 3. The molecule has 7 heteroatoms. The van der Waals surface area contributed by atoms with E-state index >= 15 is 0 Å². The third kappa shape index (κ3) is 4.20. The molecule has 4 heterocycles. The van der Waals surface area contributed by atoms with E-state index in [-0.39, 0.29) is 11.8 Å². The van der Waals surface area contributed by atoms with E-state index in [1.54, 1.807) is 6.20 Å². The van der Waals surface area contributed by atoms with Crippen molar-refractivity contribution in [1.29, 1.82) is 0 Å². The highest BCUT2D eigenvalue weighted by Crippen LogP contribution is 2.26. The molecule has 1 amide bonds. The second-order valence-electron chi connectivity index (χ2n) is 7.33. The number of piperidine rings is 1. The molecule has 2 saturated heterocycles. The Bertz CT molecular complexity index is 784. The molecule has 0 saturated carbocycles. The van der Waals surface area contributed by atoms with Crippen molar-refractivity contribution in [2.45, 2.75) is 25.7 Å². The molecule has 2 aliphatic heterocycles. The van der Waals surface area contributed by atoms with Gasteiger partial charge in [-0.3, -0.25) is 14.3 Å². The van der Waals surface area contributed by atoms with Crippen LogP contribution in [0, 0.1) is 6.92 Å². The Labute approximate surface area is 160 Å². The predicted octanol–water partition coefficient (Wildman–Crippen LogP) is 1.61. The second-order valence-corrected chi connectivity index (χ2v) is 7.33. The number of morpholine rings is 1. The number of carbonyl (C=O) groups is 1. The van der Waals surface area contributed by atoms with E-state index in [0.717, 1.165) is 69.6 Å². The zero-order valence-corrected chi connectivity index (χ0v) is 15.9. The lowest BCUT2D eigenvalue weighted by Gasteiger charge is -2.35. The molecule has 0 N–H and O–H groups in total. The summed E-state index contributed by atoms with van der Waals surface area (Å²) in [7, 11) is 0. The molecular weight excluding hydrogens is 342 g/mol. The Morgan fingerprint density at radius 3 is 2.89 bits per heavy atom. The summed E-state index contributed by atoms with van der Waals surface area (Å²) < 4.78 is 7.36. The van der Waals surface area contributed by atoms with Crippen molar-refractivity contribution < 1.29 is 9.53 Å². The van der Waals surface area contributed by atoms with Gasteiger partial charge in [-0.05, 0) is 31.9 Å². The summed E-state index contributed by atoms with van der Waals surface area (Å²) in [5.41, 5.74) is 1.06. The first kappa shape index (κ1) is 18.1. The largest absolute Gasteiger partial charge is 0.379 e. The van der Waals surface area contributed by atoms with Crippen LogP contribution in [0.3, 0.4) is 0 Å². The highest BCUT2D eigenvalue weighted by molar-refractivity contribution is 5.78. The molecule has 2 aliphatic rings. The topological polar surface area (TPSA) is 63.5 Å². The summed E-state index contributed by atoms with van der Waals surface area (Å²) in [6.07, 6.45) is 5.81. The number of carbonyl (C=O) groups excluding carboxylic acids is 1. The first-order valence-corrected chi connectivity index (χ1v) is 9.76. The monoisotopic (exact) mass is 369 g/mol. The molecule has 2 fully saturated rings. The molecule has 0 unspecified atom stereocenters. The molecular formula is C20H27N5O2. The summed E-state index contributed by atoms with van der Waals surface area (Å²) in [4.78, 5) is 26.1. The molecule has 0 radical (unpaired) electrons. The Morgan fingerprint density at radius 2 is 2.11 bits per heavy atom. The standard InChI is InChI=1S/C20H27N5O2/c1-16-21-7-9-25(16)19-6-2-5-18(22-19)17-4-3-8-24(14-17)20(26)15-23-10-12-27-13-11-23/h2,5-7,9,17H,3-4,8,10-15H2,1H3/t17-/m0/s1. The van der Waals surface area contributed by atoms with Crippen molar-refractivity contribution in [2.75, 3.05) is 45.9 Å². The van der Waals surface area contributed by atoms with Crippen molar-refractivity contribution >= 4 is 5.91 Å². The number of aryl methyl sites for hydroxylation is 1. The quantitative estimate of drug-likeness (QED) is 0.819. The van der Waals surface area contributed by atoms with Gasteiger partial charge in [0.15, 0.2) is 0 Å². The van der Waals surface area contributed by atoms with Crippen LogP contribution in [0.1, 0.15) is 30.3 Å². The van der Waals surface area contributed by atoms with Gasteiger partial charge >= 0.3 is 0 Å². The first-order valence-electron chi connectivity index (χ1n) is 9.76. The van der Waals surface area contributed by atoms with Gasteiger partial charge < -0.3 is 9.64 Å². The SMILES string of the molecule is Cc1nccn1-c1cccc([C@H]2CCCN(C(=O)CN3CCOCC3)C2)n1. The molecule has 1 atom stereocenters. The molecule has 0 bridgehead atoms. The van der Waals surface area contributed by atoms with Crippen LogP contribution in [0.4, 0.5) is 0 Å². The third-order valence-corrected chi connectivity index (χ3v) is 5.48. The molecule has 2 aromatic rings. The zero-order chi connectivity index (χ0) is 18.6. The Balaban J connectivity index is 1.43. The summed E-state index contributed by atoms with van der Waals surface area (Å²) in [5.74, 6) is 2.32. The summed E-state index contributed by atoms with van der Waals surface area (Å²) in [5, 5.41) is 0. The number of imidazole rings is 1. The highest BCUT2D eigenvalue weighted by Gasteiger charge is 2.27. The minimum Gasteiger partial charge on any atom is -0.379 e. The maximum absolute atomic E-state index is 12.8. The average Bonchev–Trinajstić information content (AvgIpc) is 3.15. The first-order chi connectivity index (χ1) is 13.2. The second kappa shape index (κ2) is 8.19. The molecule has 27 heavy (non-hydrogen) atoms. The van der Waals surface area contributed by atoms with E-state index in [1.807, 2.05) is 34.7 Å². The van der Waals surface area contributed by atoms with Crippen LogP contribution in [0.15, 0.2) is 30.6 Å². The lowest BCUT2D eigenvalue weighted by molar-refractivity contribution is -0.134. The molecule has 4 rings (SSSR count). The summed E-state index contributed by atoms with van der Waals surface area (Å²) in [6.45, 7) is 7.20. The summed E-state index contributed by atoms with van der Waals surface area (Å²) in [6, 6.07) is 6.13. The predicted molar refractivity (Wildman–Crippen MR) is 102 cm³/mol. The third-order valence-electron chi connectivity index (χ3n) is 5.48. The minimum atomic E-state index is 0.225. The fourth-order valence-corrected chi connectivity index (χ4v) is 3.92. The number of amides is 1. The molecule has 144 valence electrons. The minimum absolute atomic E-state index is 0.225. The van der Waals surface area contributed by atoms with E-state index in [1.165, 1.54) is 0 Å². The maximum atomic E-state index is 12.8. The van der Waals surface area contributed by atoms with Crippen LogP contribution in [0.25, 0.3) is 5.82 Å². The number of ether oxygens (including phenoxy) is 1. The van der Waals surface area contributed by atoms with Crippen LogP contribution >= 0.6 is 0 Å². The molecule has 0 spiro atoms.